The van der Waals surface area contributed by atoms with Gasteiger partial charge in [0.05, 0.1) is 6.61 Å². The van der Waals surface area contributed by atoms with E-state index in [1.807, 2.05) is 29.2 Å². The minimum atomic E-state index is -0.0331. The van der Waals surface area contributed by atoms with E-state index in [0.29, 0.717) is 38.5 Å². The molecule has 0 aromatic heterocycles. The first-order valence-corrected chi connectivity index (χ1v) is 10.1. The van der Waals surface area contributed by atoms with Gasteiger partial charge in [0.25, 0.3) is 5.91 Å². The zero-order valence-corrected chi connectivity index (χ0v) is 16.2. The third-order valence-corrected chi connectivity index (χ3v) is 5.31. The van der Waals surface area contributed by atoms with Crippen LogP contribution in [-0.4, -0.2) is 61.0 Å². The second-order valence-electron chi connectivity index (χ2n) is 7.30. The van der Waals surface area contributed by atoms with Crippen molar-refractivity contribution >= 4 is 11.8 Å². The van der Waals surface area contributed by atoms with Gasteiger partial charge in [0.1, 0.15) is 11.5 Å². The molecule has 2 fully saturated rings. The Kier molecular flexibility index (Phi) is 6.96. The van der Waals surface area contributed by atoms with Crippen LogP contribution in [0.5, 0.6) is 11.5 Å². The molecule has 1 heterocycles. The molecule has 3 rings (SSSR count). The van der Waals surface area contributed by atoms with Gasteiger partial charge in [-0.1, -0.05) is 19.8 Å². The van der Waals surface area contributed by atoms with E-state index in [-0.39, 0.29) is 24.3 Å². The highest BCUT2D eigenvalue weighted by Gasteiger charge is 2.30. The Hall–Kier alpha value is -2.24. The number of rotatable bonds is 7. The fourth-order valence-electron chi connectivity index (χ4n) is 3.70. The average Bonchev–Trinajstić information content (AvgIpc) is 3.25. The van der Waals surface area contributed by atoms with Crippen molar-refractivity contribution in [3.8, 4) is 11.5 Å². The molecule has 1 aromatic carbocycles. The van der Waals surface area contributed by atoms with E-state index in [1.165, 1.54) is 0 Å². The molecule has 2 aliphatic rings. The smallest absolute Gasteiger partial charge is 0.260 e. The van der Waals surface area contributed by atoms with Crippen LogP contribution in [-0.2, 0) is 9.59 Å². The average molecular weight is 374 g/mol. The van der Waals surface area contributed by atoms with E-state index in [2.05, 4.69) is 6.92 Å². The van der Waals surface area contributed by atoms with Crippen molar-refractivity contribution in [2.75, 3.05) is 39.4 Å². The Morgan fingerprint density at radius 3 is 2.07 bits per heavy atom. The summed E-state index contributed by atoms with van der Waals surface area (Å²) in [5.74, 6) is 1.91. The first-order valence-electron chi connectivity index (χ1n) is 10.1. The van der Waals surface area contributed by atoms with Crippen LogP contribution in [0.4, 0.5) is 0 Å². The zero-order chi connectivity index (χ0) is 19.1. The molecule has 27 heavy (non-hydrogen) atoms. The number of nitrogens with zero attached hydrogens (tertiary/aromatic N) is 2. The third-order valence-electron chi connectivity index (χ3n) is 5.31. The normalized spacial score (nSPS) is 17.8. The van der Waals surface area contributed by atoms with E-state index in [4.69, 9.17) is 9.47 Å². The lowest BCUT2D eigenvalue weighted by atomic mass is 10.1. The Bertz CT molecular complexity index is 618. The van der Waals surface area contributed by atoms with Crippen LogP contribution in [0, 0.1) is 5.92 Å². The predicted octanol–water partition coefficient (Wildman–Crippen LogP) is 2.72. The van der Waals surface area contributed by atoms with Gasteiger partial charge in [-0.2, -0.15) is 0 Å². The standard InChI is InChI=1S/C21H30N2O4/c1-2-15-26-18-7-9-19(10-8-18)27-16-20(24)22-11-13-23(14-12-22)21(25)17-5-3-4-6-17/h7-10,17H,2-6,11-16H2,1H3. The second kappa shape index (κ2) is 9.62. The van der Waals surface area contributed by atoms with Gasteiger partial charge in [-0.25, -0.2) is 0 Å². The highest BCUT2D eigenvalue weighted by atomic mass is 16.5. The molecule has 2 amide bonds. The molecule has 6 nitrogen and oxygen atoms in total. The molecule has 6 heteroatoms. The van der Waals surface area contributed by atoms with Crippen LogP contribution in [0.25, 0.3) is 0 Å². The van der Waals surface area contributed by atoms with Crippen LogP contribution >= 0.6 is 0 Å². The maximum Gasteiger partial charge on any atom is 0.260 e. The number of benzene rings is 1. The van der Waals surface area contributed by atoms with Gasteiger partial charge in [-0.3, -0.25) is 9.59 Å². The summed E-state index contributed by atoms with van der Waals surface area (Å²) in [6.07, 6.45) is 5.34. The molecular weight excluding hydrogens is 344 g/mol. The van der Waals surface area contributed by atoms with Gasteiger partial charge < -0.3 is 19.3 Å². The predicted molar refractivity (Wildman–Crippen MR) is 103 cm³/mol. The number of piperazine rings is 1. The molecule has 0 radical (unpaired) electrons. The van der Waals surface area contributed by atoms with E-state index in [0.717, 1.165) is 37.9 Å². The van der Waals surface area contributed by atoms with Crippen LogP contribution in [0.3, 0.4) is 0 Å². The molecule has 1 aliphatic heterocycles. The topological polar surface area (TPSA) is 59.1 Å². The summed E-state index contributed by atoms with van der Waals surface area (Å²) in [5, 5.41) is 0. The quantitative estimate of drug-likeness (QED) is 0.736. The van der Waals surface area contributed by atoms with Crippen LogP contribution in [0.15, 0.2) is 24.3 Å². The van der Waals surface area contributed by atoms with Crippen molar-refractivity contribution in [3.05, 3.63) is 24.3 Å². The summed E-state index contributed by atoms with van der Waals surface area (Å²) in [4.78, 5) is 28.6. The van der Waals surface area contributed by atoms with Gasteiger partial charge in [-0.15, -0.1) is 0 Å². The minimum absolute atomic E-state index is 0.0196. The van der Waals surface area contributed by atoms with Gasteiger partial charge in [-0.05, 0) is 43.5 Å². The molecule has 1 aromatic rings. The Morgan fingerprint density at radius 1 is 0.926 bits per heavy atom. The van der Waals surface area contributed by atoms with Crippen molar-refractivity contribution < 1.29 is 19.1 Å². The van der Waals surface area contributed by atoms with Gasteiger partial charge in [0, 0.05) is 32.1 Å². The summed E-state index contributed by atoms with van der Waals surface area (Å²) in [6.45, 7) is 5.21. The fraction of sp³-hybridized carbons (Fsp3) is 0.619. The molecular formula is C21H30N2O4. The zero-order valence-electron chi connectivity index (χ0n) is 16.2. The number of carbonyl (C=O) groups excluding carboxylic acids is 2. The highest BCUT2D eigenvalue weighted by molar-refractivity contribution is 5.80. The number of hydrogen-bond acceptors (Lipinski definition) is 4. The largest absolute Gasteiger partial charge is 0.494 e. The Labute approximate surface area is 161 Å². The van der Waals surface area contributed by atoms with Crippen LogP contribution in [0.1, 0.15) is 39.0 Å². The van der Waals surface area contributed by atoms with Crippen molar-refractivity contribution in [2.45, 2.75) is 39.0 Å². The van der Waals surface area contributed by atoms with Crippen molar-refractivity contribution in [1.29, 1.82) is 0 Å². The SMILES string of the molecule is CCCOc1ccc(OCC(=O)N2CCN(C(=O)C3CCCC3)CC2)cc1. The fourth-order valence-corrected chi connectivity index (χ4v) is 3.70. The van der Waals surface area contributed by atoms with E-state index >= 15 is 0 Å². The molecule has 1 saturated heterocycles. The molecule has 0 spiro atoms. The minimum Gasteiger partial charge on any atom is -0.494 e. The molecule has 1 aliphatic carbocycles. The molecule has 0 N–H and O–H groups in total. The Balaban J connectivity index is 1.39. The maximum atomic E-state index is 12.5. The third kappa shape index (κ3) is 5.37. The van der Waals surface area contributed by atoms with Gasteiger partial charge >= 0.3 is 0 Å². The molecule has 0 unspecified atom stereocenters. The first-order chi connectivity index (χ1) is 13.2. The number of ether oxygens (including phenoxy) is 2. The lowest BCUT2D eigenvalue weighted by molar-refractivity contribution is -0.142. The number of hydrogen-bond donors (Lipinski definition) is 0. The second-order valence-corrected chi connectivity index (χ2v) is 7.30. The number of amides is 2. The highest BCUT2D eigenvalue weighted by Crippen LogP contribution is 2.27. The monoisotopic (exact) mass is 374 g/mol. The van der Waals surface area contributed by atoms with Crippen molar-refractivity contribution in [1.82, 2.24) is 9.80 Å². The lowest BCUT2D eigenvalue weighted by Crippen LogP contribution is -2.52. The summed E-state index contributed by atoms with van der Waals surface area (Å²) in [5.41, 5.74) is 0. The van der Waals surface area contributed by atoms with Gasteiger partial charge in [0.2, 0.25) is 5.91 Å². The van der Waals surface area contributed by atoms with Gasteiger partial charge in [0.15, 0.2) is 6.61 Å². The summed E-state index contributed by atoms with van der Waals surface area (Å²) < 4.78 is 11.1. The lowest BCUT2D eigenvalue weighted by Gasteiger charge is -2.36. The molecule has 148 valence electrons. The molecule has 1 saturated carbocycles. The first kappa shape index (κ1) is 19.5. The molecule has 0 bridgehead atoms. The van der Waals surface area contributed by atoms with Crippen LogP contribution in [0.2, 0.25) is 0 Å². The summed E-state index contributed by atoms with van der Waals surface area (Å²) in [6, 6.07) is 7.33. The van der Waals surface area contributed by atoms with Crippen LogP contribution < -0.4 is 9.47 Å². The van der Waals surface area contributed by atoms with E-state index < -0.39 is 0 Å². The summed E-state index contributed by atoms with van der Waals surface area (Å²) >= 11 is 0. The van der Waals surface area contributed by atoms with E-state index in [9.17, 15) is 9.59 Å². The van der Waals surface area contributed by atoms with Crippen molar-refractivity contribution in [2.24, 2.45) is 5.92 Å². The van der Waals surface area contributed by atoms with Crippen molar-refractivity contribution in [3.63, 3.8) is 0 Å². The molecule has 0 atom stereocenters. The Morgan fingerprint density at radius 2 is 1.48 bits per heavy atom. The summed E-state index contributed by atoms with van der Waals surface area (Å²) in [7, 11) is 0. The van der Waals surface area contributed by atoms with E-state index in [1.54, 1.807) is 4.90 Å². The maximum absolute atomic E-state index is 12.5. The number of carbonyl (C=O) groups is 2.